The summed E-state index contributed by atoms with van der Waals surface area (Å²) in [5.74, 6) is 0.0244. The van der Waals surface area contributed by atoms with E-state index in [0.717, 1.165) is 24.3 Å². The minimum atomic E-state index is 0.0244. The van der Waals surface area contributed by atoms with Crippen LogP contribution in [-0.4, -0.2) is 37.5 Å². The fourth-order valence-electron chi connectivity index (χ4n) is 2.93. The molecule has 4 heteroatoms. The quantitative estimate of drug-likeness (QED) is 0.863. The lowest BCUT2D eigenvalue weighted by atomic mass is 9.98. The van der Waals surface area contributed by atoms with Gasteiger partial charge in [-0.1, -0.05) is 6.92 Å². The zero-order valence-corrected chi connectivity index (χ0v) is 12.7. The van der Waals surface area contributed by atoms with E-state index >= 15 is 0 Å². The van der Waals surface area contributed by atoms with Crippen LogP contribution in [0, 0.1) is 0 Å². The molecule has 1 unspecified atom stereocenters. The number of carbonyl (C=O) groups is 1. The normalized spacial score (nSPS) is 18.9. The number of hydrogen-bond donors (Lipinski definition) is 1. The molecule has 0 aromatic heterocycles. The molecule has 0 bridgehead atoms. The highest BCUT2D eigenvalue weighted by atomic mass is 16.2. The molecular formula is C16H25N3O. The predicted octanol–water partition coefficient (Wildman–Crippen LogP) is 2.74. The van der Waals surface area contributed by atoms with Crippen molar-refractivity contribution in [2.45, 2.75) is 38.6 Å². The Hall–Kier alpha value is -1.71. The van der Waals surface area contributed by atoms with Crippen molar-refractivity contribution in [2.75, 3.05) is 31.3 Å². The van der Waals surface area contributed by atoms with Crippen molar-refractivity contribution in [1.29, 1.82) is 0 Å². The van der Waals surface area contributed by atoms with Crippen LogP contribution >= 0.6 is 0 Å². The van der Waals surface area contributed by atoms with Gasteiger partial charge in [0.05, 0.1) is 11.4 Å². The first-order chi connectivity index (χ1) is 9.54. The lowest BCUT2D eigenvalue weighted by Gasteiger charge is -2.38. The summed E-state index contributed by atoms with van der Waals surface area (Å²) < 4.78 is 0. The Morgan fingerprint density at radius 3 is 2.80 bits per heavy atom. The summed E-state index contributed by atoms with van der Waals surface area (Å²) in [4.78, 5) is 16.1. The van der Waals surface area contributed by atoms with Gasteiger partial charge in [0.25, 0.3) is 5.91 Å². The Morgan fingerprint density at radius 1 is 1.40 bits per heavy atom. The topological polar surface area (TPSA) is 49.6 Å². The molecule has 0 aliphatic carbocycles. The summed E-state index contributed by atoms with van der Waals surface area (Å²) in [5, 5.41) is 0. The summed E-state index contributed by atoms with van der Waals surface area (Å²) in [6.07, 6.45) is 4.81. The molecule has 110 valence electrons. The van der Waals surface area contributed by atoms with Gasteiger partial charge in [-0.05, 0) is 43.9 Å². The zero-order valence-electron chi connectivity index (χ0n) is 12.7. The first-order valence-corrected chi connectivity index (χ1v) is 7.42. The molecule has 0 radical (unpaired) electrons. The average molecular weight is 275 g/mol. The molecule has 4 nitrogen and oxygen atoms in total. The highest BCUT2D eigenvalue weighted by Crippen LogP contribution is 2.31. The average Bonchev–Trinajstić information content (AvgIpc) is 2.47. The minimum Gasteiger partial charge on any atom is -0.397 e. The molecule has 1 atom stereocenters. The van der Waals surface area contributed by atoms with E-state index in [2.05, 4.69) is 11.8 Å². The lowest BCUT2D eigenvalue weighted by Crippen LogP contribution is -2.39. The molecule has 2 N–H and O–H groups in total. The summed E-state index contributed by atoms with van der Waals surface area (Å²) in [6.45, 7) is 3.25. The van der Waals surface area contributed by atoms with Gasteiger partial charge in [-0.25, -0.2) is 0 Å². The number of benzene rings is 1. The van der Waals surface area contributed by atoms with Crippen LogP contribution in [0.4, 0.5) is 11.4 Å². The van der Waals surface area contributed by atoms with Crippen LogP contribution in [0.1, 0.15) is 43.0 Å². The van der Waals surface area contributed by atoms with Crippen molar-refractivity contribution in [3.8, 4) is 0 Å². The second-order valence-electron chi connectivity index (χ2n) is 5.72. The molecule has 1 amide bonds. The Kier molecular flexibility index (Phi) is 4.53. The Labute approximate surface area is 121 Å². The van der Waals surface area contributed by atoms with Gasteiger partial charge in [-0.15, -0.1) is 0 Å². The molecule has 0 saturated carbocycles. The Morgan fingerprint density at radius 2 is 2.15 bits per heavy atom. The number of nitrogens with zero attached hydrogens (tertiary/aromatic N) is 2. The van der Waals surface area contributed by atoms with Crippen molar-refractivity contribution in [3.05, 3.63) is 23.8 Å². The first kappa shape index (κ1) is 14.7. The van der Waals surface area contributed by atoms with Crippen LogP contribution in [-0.2, 0) is 0 Å². The minimum absolute atomic E-state index is 0.0244. The Balaban J connectivity index is 2.34. The number of carbonyl (C=O) groups excluding carboxylic acids is 1. The third-order valence-corrected chi connectivity index (χ3v) is 4.09. The van der Waals surface area contributed by atoms with Crippen molar-refractivity contribution in [3.63, 3.8) is 0 Å². The molecule has 1 aliphatic rings. The molecule has 2 rings (SSSR count). The highest BCUT2D eigenvalue weighted by molar-refractivity contribution is 5.96. The molecule has 0 spiro atoms. The number of nitrogen functional groups attached to an aromatic ring is 1. The SMILES string of the molecule is CCC1CCCCN1c1cc(C(=O)N(C)C)ccc1N. The molecular weight excluding hydrogens is 250 g/mol. The van der Waals surface area contributed by atoms with Gasteiger partial charge in [0, 0.05) is 32.2 Å². The van der Waals surface area contributed by atoms with Gasteiger partial charge >= 0.3 is 0 Å². The van der Waals surface area contributed by atoms with Gasteiger partial charge < -0.3 is 15.5 Å². The maximum absolute atomic E-state index is 12.1. The van der Waals surface area contributed by atoms with E-state index in [9.17, 15) is 4.79 Å². The second-order valence-corrected chi connectivity index (χ2v) is 5.72. The van der Waals surface area contributed by atoms with Crippen LogP contribution in [0.25, 0.3) is 0 Å². The Bertz CT molecular complexity index is 485. The largest absolute Gasteiger partial charge is 0.397 e. The smallest absolute Gasteiger partial charge is 0.253 e. The van der Waals surface area contributed by atoms with E-state index in [1.165, 1.54) is 19.3 Å². The number of nitrogens with two attached hydrogens (primary N) is 1. The molecule has 1 aliphatic heterocycles. The molecule has 1 aromatic rings. The van der Waals surface area contributed by atoms with E-state index in [4.69, 9.17) is 5.73 Å². The summed E-state index contributed by atoms with van der Waals surface area (Å²) in [7, 11) is 3.54. The monoisotopic (exact) mass is 275 g/mol. The highest BCUT2D eigenvalue weighted by Gasteiger charge is 2.23. The zero-order chi connectivity index (χ0) is 14.7. The molecule has 1 aromatic carbocycles. The summed E-state index contributed by atoms with van der Waals surface area (Å²) in [6, 6.07) is 6.15. The lowest BCUT2D eigenvalue weighted by molar-refractivity contribution is 0.0827. The van der Waals surface area contributed by atoms with E-state index in [-0.39, 0.29) is 5.91 Å². The van der Waals surface area contributed by atoms with E-state index in [1.807, 2.05) is 18.2 Å². The number of piperidine rings is 1. The van der Waals surface area contributed by atoms with Crippen molar-refractivity contribution in [1.82, 2.24) is 4.90 Å². The van der Waals surface area contributed by atoms with Gasteiger partial charge in [0.1, 0.15) is 0 Å². The standard InChI is InChI=1S/C16H25N3O/c1-4-13-7-5-6-10-19(13)15-11-12(8-9-14(15)17)16(20)18(2)3/h8-9,11,13H,4-7,10,17H2,1-3H3. The van der Waals surface area contributed by atoms with Crippen molar-refractivity contribution < 1.29 is 4.79 Å². The number of anilines is 2. The van der Waals surface area contributed by atoms with Crippen molar-refractivity contribution in [2.24, 2.45) is 0 Å². The van der Waals surface area contributed by atoms with E-state index in [0.29, 0.717) is 11.6 Å². The first-order valence-electron chi connectivity index (χ1n) is 7.42. The van der Waals surface area contributed by atoms with Crippen LogP contribution < -0.4 is 10.6 Å². The fraction of sp³-hybridized carbons (Fsp3) is 0.562. The van der Waals surface area contributed by atoms with E-state index < -0.39 is 0 Å². The maximum atomic E-state index is 12.1. The summed E-state index contributed by atoms with van der Waals surface area (Å²) >= 11 is 0. The molecule has 1 saturated heterocycles. The van der Waals surface area contributed by atoms with Crippen LogP contribution in [0.5, 0.6) is 0 Å². The fourth-order valence-corrected chi connectivity index (χ4v) is 2.93. The number of hydrogen-bond acceptors (Lipinski definition) is 3. The third-order valence-electron chi connectivity index (χ3n) is 4.09. The maximum Gasteiger partial charge on any atom is 0.253 e. The van der Waals surface area contributed by atoms with Crippen LogP contribution in [0.2, 0.25) is 0 Å². The van der Waals surface area contributed by atoms with Gasteiger partial charge in [0.2, 0.25) is 0 Å². The molecule has 1 fully saturated rings. The molecule has 1 heterocycles. The summed E-state index contributed by atoms with van der Waals surface area (Å²) in [5.41, 5.74) is 8.64. The van der Waals surface area contributed by atoms with Gasteiger partial charge in [0.15, 0.2) is 0 Å². The van der Waals surface area contributed by atoms with Crippen LogP contribution in [0.3, 0.4) is 0 Å². The molecule has 20 heavy (non-hydrogen) atoms. The third kappa shape index (κ3) is 2.89. The van der Waals surface area contributed by atoms with Gasteiger partial charge in [-0.3, -0.25) is 4.79 Å². The van der Waals surface area contributed by atoms with Gasteiger partial charge in [-0.2, -0.15) is 0 Å². The number of amides is 1. The van der Waals surface area contributed by atoms with Crippen LogP contribution in [0.15, 0.2) is 18.2 Å². The second kappa shape index (κ2) is 6.16. The van der Waals surface area contributed by atoms with Crippen molar-refractivity contribution >= 4 is 17.3 Å². The van der Waals surface area contributed by atoms with E-state index in [1.54, 1.807) is 19.0 Å². The number of rotatable bonds is 3. The predicted molar refractivity (Wildman–Crippen MR) is 84.1 cm³/mol.